The first-order valence-corrected chi connectivity index (χ1v) is 5.95. The smallest absolute Gasteiger partial charge is 0.119 e. The first kappa shape index (κ1) is 11.4. The van der Waals surface area contributed by atoms with Crippen LogP contribution in [0.5, 0.6) is 5.75 Å². The summed E-state index contributed by atoms with van der Waals surface area (Å²) < 4.78 is 0. The van der Waals surface area contributed by atoms with Gasteiger partial charge in [-0.25, -0.2) is 5.48 Å². The van der Waals surface area contributed by atoms with Gasteiger partial charge in [0, 0.05) is 6.54 Å². The molecule has 0 spiro atoms. The molecule has 2 N–H and O–H groups in total. The van der Waals surface area contributed by atoms with Crippen LogP contribution in [0.2, 0.25) is 0 Å². The molecule has 0 aromatic heterocycles. The number of hydrogen-bond acceptors (Lipinski definition) is 3. The van der Waals surface area contributed by atoms with Crippen molar-refractivity contribution in [3.05, 3.63) is 29.3 Å². The maximum Gasteiger partial charge on any atom is 0.119 e. The largest absolute Gasteiger partial charge is 0.508 e. The fourth-order valence-electron chi connectivity index (χ4n) is 2.32. The van der Waals surface area contributed by atoms with Gasteiger partial charge in [-0.3, -0.25) is 0 Å². The zero-order valence-corrected chi connectivity index (χ0v) is 9.70. The molecule has 3 heteroatoms. The Morgan fingerprint density at radius 1 is 1.50 bits per heavy atom. The minimum atomic E-state index is 0.453. The molecule has 16 heavy (non-hydrogen) atoms. The van der Waals surface area contributed by atoms with Crippen LogP contribution in [0.15, 0.2) is 18.2 Å². The maximum absolute atomic E-state index is 9.72. The van der Waals surface area contributed by atoms with Gasteiger partial charge in [0.1, 0.15) is 5.75 Å². The minimum Gasteiger partial charge on any atom is -0.508 e. The number of hydroxylamine groups is 1. The molecule has 0 heterocycles. The Bertz CT molecular complexity index is 352. The topological polar surface area (TPSA) is 41.5 Å². The average molecular weight is 221 g/mol. The van der Waals surface area contributed by atoms with E-state index >= 15 is 0 Å². The van der Waals surface area contributed by atoms with Crippen LogP contribution in [-0.2, 0) is 17.7 Å². The summed E-state index contributed by atoms with van der Waals surface area (Å²) in [6, 6.07) is 5.81. The van der Waals surface area contributed by atoms with Crippen molar-refractivity contribution in [3.8, 4) is 5.75 Å². The first-order valence-electron chi connectivity index (χ1n) is 5.95. The lowest BCUT2D eigenvalue weighted by atomic mass is 9.83. The molecular formula is C13H19NO2. The summed E-state index contributed by atoms with van der Waals surface area (Å²) in [6.45, 7) is 3.56. The Kier molecular flexibility index (Phi) is 3.80. The predicted molar refractivity (Wildman–Crippen MR) is 63.3 cm³/mol. The van der Waals surface area contributed by atoms with E-state index in [0.29, 0.717) is 18.3 Å². The van der Waals surface area contributed by atoms with E-state index in [2.05, 4.69) is 11.5 Å². The van der Waals surface area contributed by atoms with Gasteiger partial charge in [0.25, 0.3) is 0 Å². The molecule has 0 saturated carbocycles. The summed E-state index contributed by atoms with van der Waals surface area (Å²) in [5.74, 6) is 1.06. The lowest BCUT2D eigenvalue weighted by molar-refractivity contribution is 0.0401. The van der Waals surface area contributed by atoms with E-state index in [1.54, 1.807) is 6.07 Å². The zero-order chi connectivity index (χ0) is 11.4. The predicted octanol–water partition coefficient (Wildman–Crippen LogP) is 2.04. The third-order valence-electron chi connectivity index (χ3n) is 3.18. The van der Waals surface area contributed by atoms with Crippen LogP contribution in [0.4, 0.5) is 0 Å². The van der Waals surface area contributed by atoms with E-state index in [9.17, 15) is 5.11 Å². The number of phenols is 1. The highest BCUT2D eigenvalue weighted by Crippen LogP contribution is 2.30. The maximum atomic E-state index is 9.72. The molecule has 3 nitrogen and oxygen atoms in total. The molecule has 0 radical (unpaired) electrons. The Morgan fingerprint density at radius 3 is 3.19 bits per heavy atom. The number of hydrogen-bond donors (Lipinski definition) is 2. The molecule has 2 rings (SSSR count). The summed E-state index contributed by atoms with van der Waals surface area (Å²) in [6.07, 6.45) is 3.12. The van der Waals surface area contributed by atoms with Gasteiger partial charge in [-0.2, -0.15) is 0 Å². The van der Waals surface area contributed by atoms with E-state index in [4.69, 9.17) is 4.84 Å². The molecule has 1 aliphatic carbocycles. The Labute approximate surface area is 96.4 Å². The zero-order valence-electron chi connectivity index (χ0n) is 9.70. The second-order valence-electron chi connectivity index (χ2n) is 4.31. The van der Waals surface area contributed by atoms with Crippen LogP contribution in [0.25, 0.3) is 0 Å². The van der Waals surface area contributed by atoms with Crippen molar-refractivity contribution in [2.45, 2.75) is 26.2 Å². The second kappa shape index (κ2) is 5.32. The highest BCUT2D eigenvalue weighted by Gasteiger charge is 2.20. The molecule has 1 aromatic carbocycles. The molecule has 1 unspecified atom stereocenters. The number of aromatic hydroxyl groups is 1. The van der Waals surface area contributed by atoms with Crippen LogP contribution >= 0.6 is 0 Å². The van der Waals surface area contributed by atoms with Crippen LogP contribution in [0.3, 0.4) is 0 Å². The number of nitrogens with one attached hydrogen (secondary N) is 1. The normalized spacial score (nSPS) is 19.4. The molecule has 0 saturated heterocycles. The van der Waals surface area contributed by atoms with Crippen molar-refractivity contribution < 1.29 is 9.94 Å². The van der Waals surface area contributed by atoms with Gasteiger partial charge in [-0.05, 0) is 49.3 Å². The molecule has 1 aromatic rings. The Morgan fingerprint density at radius 2 is 2.38 bits per heavy atom. The third-order valence-corrected chi connectivity index (χ3v) is 3.18. The molecule has 88 valence electrons. The number of fused-ring (bicyclic) bond motifs is 1. The highest BCUT2D eigenvalue weighted by atomic mass is 16.6. The fraction of sp³-hybridized carbons (Fsp3) is 0.538. The lowest BCUT2D eigenvalue weighted by Crippen LogP contribution is -2.27. The van der Waals surface area contributed by atoms with Gasteiger partial charge in [0.2, 0.25) is 0 Å². The summed E-state index contributed by atoms with van der Waals surface area (Å²) in [5, 5.41) is 9.72. The molecule has 1 atom stereocenters. The molecule has 0 amide bonds. The van der Waals surface area contributed by atoms with E-state index in [0.717, 1.165) is 31.4 Å². The standard InChI is InChI=1S/C13H19NO2/c1-2-16-14-9-10-6-7-12-11(8-10)4-3-5-13(12)15/h3-5,10,14-15H,2,6-9H2,1H3. The first-order chi connectivity index (χ1) is 7.81. The highest BCUT2D eigenvalue weighted by molar-refractivity contribution is 5.40. The van der Waals surface area contributed by atoms with Crippen molar-refractivity contribution >= 4 is 0 Å². The monoisotopic (exact) mass is 221 g/mol. The minimum absolute atomic E-state index is 0.453. The van der Waals surface area contributed by atoms with Gasteiger partial charge in [0.05, 0.1) is 6.61 Å². The lowest BCUT2D eigenvalue weighted by Gasteiger charge is -2.25. The van der Waals surface area contributed by atoms with Crippen molar-refractivity contribution in [1.29, 1.82) is 0 Å². The molecule has 0 aliphatic heterocycles. The number of rotatable bonds is 4. The van der Waals surface area contributed by atoms with Crippen LogP contribution in [0, 0.1) is 5.92 Å². The Hall–Kier alpha value is -1.06. The summed E-state index contributed by atoms with van der Waals surface area (Å²) >= 11 is 0. The van der Waals surface area contributed by atoms with Crippen molar-refractivity contribution in [3.63, 3.8) is 0 Å². The van der Waals surface area contributed by atoms with Gasteiger partial charge in [-0.15, -0.1) is 0 Å². The van der Waals surface area contributed by atoms with Gasteiger partial charge in [-0.1, -0.05) is 12.1 Å². The average Bonchev–Trinajstić information content (AvgIpc) is 2.30. The third kappa shape index (κ3) is 2.54. The molecule has 1 aliphatic rings. The van der Waals surface area contributed by atoms with Gasteiger partial charge < -0.3 is 9.94 Å². The quantitative estimate of drug-likeness (QED) is 0.604. The number of benzene rings is 1. The van der Waals surface area contributed by atoms with E-state index in [-0.39, 0.29) is 0 Å². The van der Waals surface area contributed by atoms with E-state index < -0.39 is 0 Å². The summed E-state index contributed by atoms with van der Waals surface area (Å²) in [4.78, 5) is 5.15. The molecular weight excluding hydrogens is 202 g/mol. The van der Waals surface area contributed by atoms with Crippen LogP contribution in [0.1, 0.15) is 24.5 Å². The second-order valence-corrected chi connectivity index (χ2v) is 4.31. The van der Waals surface area contributed by atoms with Gasteiger partial charge in [0.15, 0.2) is 0 Å². The van der Waals surface area contributed by atoms with Gasteiger partial charge >= 0.3 is 0 Å². The van der Waals surface area contributed by atoms with Crippen LogP contribution < -0.4 is 5.48 Å². The van der Waals surface area contributed by atoms with E-state index in [1.165, 1.54) is 5.56 Å². The fourth-order valence-corrected chi connectivity index (χ4v) is 2.32. The van der Waals surface area contributed by atoms with Crippen molar-refractivity contribution in [2.75, 3.05) is 13.2 Å². The summed E-state index contributed by atoms with van der Waals surface area (Å²) in [7, 11) is 0. The Balaban J connectivity index is 1.96. The summed E-state index contributed by atoms with van der Waals surface area (Å²) in [5.41, 5.74) is 5.41. The molecule has 0 fully saturated rings. The SMILES string of the molecule is CCONCC1CCc2c(O)cccc2C1. The van der Waals surface area contributed by atoms with Crippen molar-refractivity contribution in [1.82, 2.24) is 5.48 Å². The van der Waals surface area contributed by atoms with Crippen LogP contribution in [-0.4, -0.2) is 18.3 Å². The van der Waals surface area contributed by atoms with Crippen molar-refractivity contribution in [2.24, 2.45) is 5.92 Å². The number of phenolic OH excluding ortho intramolecular Hbond substituents is 1. The molecule has 0 bridgehead atoms. The van der Waals surface area contributed by atoms with E-state index in [1.807, 2.05) is 13.0 Å².